The van der Waals surface area contributed by atoms with Gasteiger partial charge in [-0.2, -0.15) is 0 Å². The summed E-state index contributed by atoms with van der Waals surface area (Å²) in [6, 6.07) is 10.7. The molecule has 0 bridgehead atoms. The highest BCUT2D eigenvalue weighted by Gasteiger charge is 2.48. The van der Waals surface area contributed by atoms with Crippen LogP contribution in [0.4, 0.5) is 0 Å². The molecular formula is C17H24O2. The van der Waals surface area contributed by atoms with Crippen LogP contribution in [0.5, 0.6) is 0 Å². The summed E-state index contributed by atoms with van der Waals surface area (Å²) >= 11 is 0. The first-order valence-corrected chi connectivity index (χ1v) is 7.44. The van der Waals surface area contributed by atoms with E-state index in [1.807, 2.05) is 0 Å². The highest BCUT2D eigenvalue weighted by molar-refractivity contribution is 5.23. The molecule has 1 atom stereocenters. The van der Waals surface area contributed by atoms with E-state index in [-0.39, 0.29) is 11.2 Å². The predicted octanol–water partition coefficient (Wildman–Crippen LogP) is 4.11. The van der Waals surface area contributed by atoms with E-state index in [0.29, 0.717) is 5.92 Å². The van der Waals surface area contributed by atoms with E-state index in [4.69, 9.17) is 9.47 Å². The third-order valence-corrected chi connectivity index (χ3v) is 4.42. The maximum atomic E-state index is 6.27. The van der Waals surface area contributed by atoms with Crippen molar-refractivity contribution >= 4 is 0 Å². The van der Waals surface area contributed by atoms with Gasteiger partial charge in [0.1, 0.15) is 0 Å². The Bertz CT molecular complexity index is 414. The number of hydrogen-bond acceptors (Lipinski definition) is 2. The van der Waals surface area contributed by atoms with Gasteiger partial charge >= 0.3 is 0 Å². The lowest BCUT2D eigenvalue weighted by molar-refractivity contribution is -0.318. The van der Waals surface area contributed by atoms with E-state index in [9.17, 15) is 0 Å². The zero-order valence-corrected chi connectivity index (χ0v) is 12.0. The van der Waals surface area contributed by atoms with Gasteiger partial charge in [-0.1, -0.05) is 50.6 Å². The van der Waals surface area contributed by atoms with Gasteiger partial charge < -0.3 is 9.47 Å². The number of hydrogen-bond donors (Lipinski definition) is 0. The zero-order chi connectivity index (χ0) is 13.3. The van der Waals surface area contributed by atoms with Crippen molar-refractivity contribution in [3.8, 4) is 0 Å². The number of ether oxygens (including phenoxy) is 2. The van der Waals surface area contributed by atoms with Crippen molar-refractivity contribution < 1.29 is 9.47 Å². The monoisotopic (exact) mass is 260 g/mol. The SMILES string of the molecule is CC1(C)COC2(CCCC[C@@H]2c2ccccc2)OC1. The fourth-order valence-electron chi connectivity index (χ4n) is 3.28. The fourth-order valence-corrected chi connectivity index (χ4v) is 3.28. The average Bonchev–Trinajstić information content (AvgIpc) is 2.44. The van der Waals surface area contributed by atoms with E-state index >= 15 is 0 Å². The van der Waals surface area contributed by atoms with Crippen molar-refractivity contribution in [1.29, 1.82) is 0 Å². The van der Waals surface area contributed by atoms with Gasteiger partial charge in [-0.3, -0.25) is 0 Å². The van der Waals surface area contributed by atoms with Crippen LogP contribution in [0.25, 0.3) is 0 Å². The molecule has 0 amide bonds. The van der Waals surface area contributed by atoms with Gasteiger partial charge in [0.2, 0.25) is 0 Å². The van der Waals surface area contributed by atoms with Crippen molar-refractivity contribution in [2.24, 2.45) is 5.41 Å². The van der Waals surface area contributed by atoms with E-state index in [1.165, 1.54) is 24.8 Å². The van der Waals surface area contributed by atoms with Crippen LogP contribution in [-0.4, -0.2) is 19.0 Å². The summed E-state index contributed by atoms with van der Waals surface area (Å²) in [7, 11) is 0. The Kier molecular flexibility index (Phi) is 3.40. The lowest BCUT2D eigenvalue weighted by atomic mass is 9.77. The Morgan fingerprint density at radius 1 is 1.00 bits per heavy atom. The summed E-state index contributed by atoms with van der Waals surface area (Å²) in [5.74, 6) is 0.0216. The molecule has 3 rings (SSSR count). The molecule has 2 nitrogen and oxygen atoms in total. The zero-order valence-electron chi connectivity index (χ0n) is 12.0. The molecule has 0 aromatic heterocycles. The first-order valence-electron chi connectivity index (χ1n) is 7.44. The maximum Gasteiger partial charge on any atom is 0.175 e. The second kappa shape index (κ2) is 4.92. The molecule has 1 aromatic rings. The Labute approximate surface area is 116 Å². The third kappa shape index (κ3) is 2.56. The van der Waals surface area contributed by atoms with Crippen LogP contribution < -0.4 is 0 Å². The molecule has 2 aliphatic rings. The molecule has 0 radical (unpaired) electrons. The first kappa shape index (κ1) is 13.1. The van der Waals surface area contributed by atoms with Crippen LogP contribution in [0.3, 0.4) is 0 Å². The second-order valence-electron chi connectivity index (χ2n) is 6.76. The molecule has 1 aliphatic carbocycles. The van der Waals surface area contributed by atoms with Crippen molar-refractivity contribution in [2.45, 2.75) is 51.2 Å². The van der Waals surface area contributed by atoms with Crippen LogP contribution in [-0.2, 0) is 9.47 Å². The largest absolute Gasteiger partial charge is 0.349 e. The number of rotatable bonds is 1. The molecule has 1 heterocycles. The van der Waals surface area contributed by atoms with Gasteiger partial charge in [-0.25, -0.2) is 0 Å². The van der Waals surface area contributed by atoms with Crippen molar-refractivity contribution in [3.05, 3.63) is 35.9 Å². The fraction of sp³-hybridized carbons (Fsp3) is 0.647. The molecule has 2 fully saturated rings. The van der Waals surface area contributed by atoms with Gasteiger partial charge in [0.05, 0.1) is 13.2 Å². The van der Waals surface area contributed by atoms with Crippen LogP contribution in [0.15, 0.2) is 30.3 Å². The maximum absolute atomic E-state index is 6.27. The van der Waals surface area contributed by atoms with Crippen LogP contribution >= 0.6 is 0 Å². The highest BCUT2D eigenvalue weighted by Crippen LogP contribution is 2.47. The highest BCUT2D eigenvalue weighted by atomic mass is 16.7. The molecule has 104 valence electrons. The van der Waals surface area contributed by atoms with E-state index < -0.39 is 0 Å². The van der Waals surface area contributed by atoms with Crippen LogP contribution in [0.1, 0.15) is 51.0 Å². The predicted molar refractivity (Wildman–Crippen MR) is 76.1 cm³/mol. The Balaban J connectivity index is 1.86. The normalized spacial score (nSPS) is 29.3. The third-order valence-electron chi connectivity index (χ3n) is 4.42. The van der Waals surface area contributed by atoms with E-state index in [2.05, 4.69) is 44.2 Å². The minimum atomic E-state index is -0.366. The number of benzene rings is 1. The Morgan fingerprint density at radius 2 is 1.68 bits per heavy atom. The molecule has 1 saturated carbocycles. The van der Waals surface area contributed by atoms with Gasteiger partial charge in [0, 0.05) is 17.8 Å². The molecule has 0 N–H and O–H groups in total. The topological polar surface area (TPSA) is 18.5 Å². The molecule has 0 unspecified atom stereocenters. The molecule has 1 aliphatic heterocycles. The second-order valence-corrected chi connectivity index (χ2v) is 6.76. The van der Waals surface area contributed by atoms with Gasteiger partial charge in [-0.15, -0.1) is 0 Å². The van der Waals surface area contributed by atoms with Gasteiger partial charge in [0.25, 0.3) is 0 Å². The summed E-state index contributed by atoms with van der Waals surface area (Å²) < 4.78 is 12.5. The minimum absolute atomic E-state index is 0.143. The molecule has 2 heteroatoms. The molecule has 1 spiro atoms. The summed E-state index contributed by atoms with van der Waals surface area (Å²) in [6.45, 7) is 6.02. The minimum Gasteiger partial charge on any atom is -0.349 e. The van der Waals surface area contributed by atoms with Gasteiger partial charge in [0.15, 0.2) is 5.79 Å². The van der Waals surface area contributed by atoms with E-state index in [0.717, 1.165) is 19.6 Å². The lowest BCUT2D eigenvalue weighted by Gasteiger charge is -2.49. The quantitative estimate of drug-likeness (QED) is 0.756. The molecule has 1 aromatic carbocycles. The standard InChI is InChI=1S/C17H24O2/c1-16(2)12-18-17(19-13-16)11-7-6-10-15(17)14-8-4-3-5-9-14/h3-5,8-9,15H,6-7,10-13H2,1-2H3/t15-/m1/s1. The Hall–Kier alpha value is -0.860. The molecule has 1 saturated heterocycles. The summed E-state index contributed by atoms with van der Waals surface area (Å²) in [5.41, 5.74) is 1.51. The van der Waals surface area contributed by atoms with Crippen LogP contribution in [0.2, 0.25) is 0 Å². The molecule has 19 heavy (non-hydrogen) atoms. The summed E-state index contributed by atoms with van der Waals surface area (Å²) in [5, 5.41) is 0. The summed E-state index contributed by atoms with van der Waals surface area (Å²) in [4.78, 5) is 0. The van der Waals surface area contributed by atoms with Crippen molar-refractivity contribution in [3.63, 3.8) is 0 Å². The molecular weight excluding hydrogens is 236 g/mol. The first-order chi connectivity index (χ1) is 9.11. The smallest absolute Gasteiger partial charge is 0.175 e. The lowest BCUT2D eigenvalue weighted by Crippen LogP contribution is -2.52. The van der Waals surface area contributed by atoms with Crippen molar-refractivity contribution in [2.75, 3.05) is 13.2 Å². The average molecular weight is 260 g/mol. The Morgan fingerprint density at radius 3 is 2.37 bits per heavy atom. The van der Waals surface area contributed by atoms with Crippen LogP contribution in [0, 0.1) is 5.41 Å². The van der Waals surface area contributed by atoms with E-state index in [1.54, 1.807) is 0 Å². The summed E-state index contributed by atoms with van der Waals surface area (Å²) in [6.07, 6.45) is 4.69. The van der Waals surface area contributed by atoms with Crippen molar-refractivity contribution in [1.82, 2.24) is 0 Å². The van der Waals surface area contributed by atoms with Gasteiger partial charge in [-0.05, 0) is 18.4 Å².